The van der Waals surface area contributed by atoms with Crippen LogP contribution in [0.2, 0.25) is 0 Å². The first-order chi connectivity index (χ1) is 12.9. The van der Waals surface area contributed by atoms with E-state index >= 15 is 0 Å². The smallest absolute Gasteiger partial charge is 0.262 e. The summed E-state index contributed by atoms with van der Waals surface area (Å²) in [6.45, 7) is 1.82. The summed E-state index contributed by atoms with van der Waals surface area (Å²) in [5.74, 6) is -0.362. The lowest BCUT2D eigenvalue weighted by Gasteiger charge is -2.30. The minimum atomic E-state index is -3.36. The molecule has 0 spiro atoms. The number of fused-ring (bicyclic) bond motifs is 1. The fourth-order valence-corrected chi connectivity index (χ4v) is 4.13. The van der Waals surface area contributed by atoms with Crippen LogP contribution in [0.4, 0.5) is 15.8 Å². The standard InChI is InChI=1S/C19H21FN2O4S/c1-2-27(24,25)22-11-3-4-14-5-8-16(12-18(14)22)21-19(23)13-26-17-9-6-15(20)7-10-17/h5-10,12H,2-4,11,13H2,1H3,(H,21,23). The molecule has 0 saturated heterocycles. The van der Waals surface area contributed by atoms with Crippen LogP contribution in [0.1, 0.15) is 18.9 Å². The van der Waals surface area contributed by atoms with E-state index in [9.17, 15) is 17.6 Å². The lowest BCUT2D eigenvalue weighted by Crippen LogP contribution is -2.36. The van der Waals surface area contributed by atoms with Crippen molar-refractivity contribution in [3.8, 4) is 5.75 Å². The summed E-state index contributed by atoms with van der Waals surface area (Å²) in [4.78, 5) is 12.1. The second-order valence-electron chi connectivity index (χ2n) is 6.21. The van der Waals surface area contributed by atoms with Crippen LogP contribution in [0, 0.1) is 5.82 Å². The monoisotopic (exact) mass is 392 g/mol. The molecular formula is C19H21FN2O4S. The highest BCUT2D eigenvalue weighted by Gasteiger charge is 2.26. The molecule has 0 radical (unpaired) electrons. The van der Waals surface area contributed by atoms with E-state index in [1.54, 1.807) is 19.1 Å². The SMILES string of the molecule is CCS(=O)(=O)N1CCCc2ccc(NC(=O)COc3ccc(F)cc3)cc21. The Balaban J connectivity index is 1.69. The maximum atomic E-state index is 12.9. The molecule has 1 N–H and O–H groups in total. The van der Waals surface area contributed by atoms with Crippen molar-refractivity contribution in [3.63, 3.8) is 0 Å². The number of carbonyl (C=O) groups is 1. The molecule has 0 unspecified atom stereocenters. The summed E-state index contributed by atoms with van der Waals surface area (Å²) in [5, 5.41) is 2.70. The number of nitrogens with one attached hydrogen (secondary N) is 1. The molecule has 1 heterocycles. The molecule has 1 amide bonds. The number of amides is 1. The van der Waals surface area contributed by atoms with E-state index in [2.05, 4.69) is 5.32 Å². The number of ether oxygens (including phenoxy) is 1. The van der Waals surface area contributed by atoms with Crippen molar-refractivity contribution in [1.82, 2.24) is 0 Å². The normalized spacial score (nSPS) is 13.8. The van der Waals surface area contributed by atoms with Gasteiger partial charge in [0.05, 0.1) is 11.4 Å². The van der Waals surface area contributed by atoms with Crippen molar-refractivity contribution in [2.24, 2.45) is 0 Å². The Kier molecular flexibility index (Phi) is 5.65. The first-order valence-corrected chi connectivity index (χ1v) is 10.3. The molecule has 27 heavy (non-hydrogen) atoms. The number of rotatable bonds is 6. The molecule has 8 heteroatoms. The molecule has 1 aliphatic heterocycles. The van der Waals surface area contributed by atoms with Gasteiger partial charge in [-0.15, -0.1) is 0 Å². The Hall–Kier alpha value is -2.61. The summed E-state index contributed by atoms with van der Waals surface area (Å²) >= 11 is 0. The number of hydrogen-bond donors (Lipinski definition) is 1. The van der Waals surface area contributed by atoms with Gasteiger partial charge < -0.3 is 10.1 Å². The van der Waals surface area contributed by atoms with E-state index in [-0.39, 0.29) is 24.1 Å². The fraction of sp³-hybridized carbons (Fsp3) is 0.316. The number of carbonyl (C=O) groups excluding carboxylic acids is 1. The van der Waals surface area contributed by atoms with Gasteiger partial charge in [0.1, 0.15) is 11.6 Å². The van der Waals surface area contributed by atoms with Gasteiger partial charge in [-0.2, -0.15) is 0 Å². The van der Waals surface area contributed by atoms with Crippen molar-refractivity contribution >= 4 is 27.3 Å². The van der Waals surface area contributed by atoms with E-state index in [1.807, 2.05) is 6.07 Å². The number of sulfonamides is 1. The highest BCUT2D eigenvalue weighted by atomic mass is 32.2. The predicted octanol–water partition coefficient (Wildman–Crippen LogP) is 2.95. The molecule has 2 aromatic rings. The third-order valence-corrected chi connectivity index (χ3v) is 6.11. The van der Waals surface area contributed by atoms with Gasteiger partial charge in [-0.05, 0) is 61.7 Å². The largest absolute Gasteiger partial charge is 0.484 e. The molecule has 0 bridgehead atoms. The Labute approximate surface area is 158 Å². The van der Waals surface area contributed by atoms with Gasteiger partial charge in [-0.25, -0.2) is 12.8 Å². The summed E-state index contributed by atoms with van der Waals surface area (Å²) in [6.07, 6.45) is 1.57. The van der Waals surface area contributed by atoms with E-state index in [1.165, 1.54) is 28.6 Å². The average molecular weight is 392 g/mol. The molecule has 1 aliphatic rings. The number of aryl methyl sites for hydroxylation is 1. The molecule has 6 nitrogen and oxygen atoms in total. The molecule has 2 aromatic carbocycles. The lowest BCUT2D eigenvalue weighted by atomic mass is 10.0. The Morgan fingerprint density at radius 3 is 2.67 bits per heavy atom. The molecule has 0 aliphatic carbocycles. The minimum Gasteiger partial charge on any atom is -0.484 e. The Morgan fingerprint density at radius 1 is 1.22 bits per heavy atom. The Morgan fingerprint density at radius 2 is 1.96 bits per heavy atom. The lowest BCUT2D eigenvalue weighted by molar-refractivity contribution is -0.118. The highest BCUT2D eigenvalue weighted by molar-refractivity contribution is 7.92. The topological polar surface area (TPSA) is 75.7 Å². The number of halogens is 1. The zero-order chi connectivity index (χ0) is 19.4. The van der Waals surface area contributed by atoms with Gasteiger partial charge in [0.2, 0.25) is 10.0 Å². The highest BCUT2D eigenvalue weighted by Crippen LogP contribution is 2.32. The summed E-state index contributed by atoms with van der Waals surface area (Å²) < 4.78 is 44.3. The predicted molar refractivity (Wildman–Crippen MR) is 102 cm³/mol. The van der Waals surface area contributed by atoms with Crippen LogP contribution >= 0.6 is 0 Å². The zero-order valence-electron chi connectivity index (χ0n) is 14.9. The van der Waals surface area contributed by atoms with E-state index in [4.69, 9.17) is 4.74 Å². The molecule has 3 rings (SSSR count). The third kappa shape index (κ3) is 4.57. The Bertz CT molecular complexity index is 929. The molecule has 0 atom stereocenters. The van der Waals surface area contributed by atoms with Crippen molar-refractivity contribution < 1.29 is 22.3 Å². The van der Waals surface area contributed by atoms with Gasteiger partial charge in [0.15, 0.2) is 6.61 Å². The van der Waals surface area contributed by atoms with Crippen molar-refractivity contribution in [3.05, 3.63) is 53.8 Å². The second-order valence-corrected chi connectivity index (χ2v) is 8.39. The van der Waals surface area contributed by atoms with E-state index < -0.39 is 10.0 Å². The van der Waals surface area contributed by atoms with E-state index in [0.29, 0.717) is 23.7 Å². The summed E-state index contributed by atoms with van der Waals surface area (Å²) in [7, 11) is -3.36. The quantitative estimate of drug-likeness (QED) is 0.820. The van der Waals surface area contributed by atoms with Crippen LogP contribution in [-0.4, -0.2) is 33.2 Å². The summed E-state index contributed by atoms with van der Waals surface area (Å²) in [5.41, 5.74) is 2.05. The van der Waals surface area contributed by atoms with Crippen LogP contribution in [0.5, 0.6) is 5.75 Å². The van der Waals surface area contributed by atoms with E-state index in [0.717, 1.165) is 18.4 Å². The number of benzene rings is 2. The van der Waals surface area contributed by atoms with Gasteiger partial charge in [-0.3, -0.25) is 9.10 Å². The summed E-state index contributed by atoms with van der Waals surface area (Å²) in [6, 6.07) is 10.6. The second kappa shape index (κ2) is 7.96. The molecule has 144 valence electrons. The van der Waals surface area contributed by atoms with Crippen molar-refractivity contribution in [2.75, 3.05) is 28.5 Å². The fourth-order valence-electron chi connectivity index (χ4n) is 2.94. The number of anilines is 2. The number of hydrogen-bond acceptors (Lipinski definition) is 4. The molecular weight excluding hydrogens is 371 g/mol. The maximum Gasteiger partial charge on any atom is 0.262 e. The van der Waals surface area contributed by atoms with Gasteiger partial charge in [0.25, 0.3) is 5.91 Å². The first-order valence-electron chi connectivity index (χ1n) is 8.70. The van der Waals surface area contributed by atoms with Crippen molar-refractivity contribution in [1.29, 1.82) is 0 Å². The maximum absolute atomic E-state index is 12.9. The van der Waals surface area contributed by atoms with Crippen molar-refractivity contribution in [2.45, 2.75) is 19.8 Å². The van der Waals surface area contributed by atoms with Crippen LogP contribution in [0.15, 0.2) is 42.5 Å². The first kappa shape index (κ1) is 19.2. The third-order valence-electron chi connectivity index (χ3n) is 4.33. The van der Waals surface area contributed by atoms with Crippen LogP contribution < -0.4 is 14.4 Å². The van der Waals surface area contributed by atoms with Crippen LogP contribution in [0.25, 0.3) is 0 Å². The molecule has 0 saturated carbocycles. The van der Waals surface area contributed by atoms with Gasteiger partial charge in [0, 0.05) is 12.2 Å². The van der Waals surface area contributed by atoms with Gasteiger partial charge in [-0.1, -0.05) is 6.07 Å². The van der Waals surface area contributed by atoms with Gasteiger partial charge >= 0.3 is 0 Å². The van der Waals surface area contributed by atoms with Crippen LogP contribution in [0.3, 0.4) is 0 Å². The molecule has 0 aromatic heterocycles. The average Bonchev–Trinajstić information content (AvgIpc) is 2.67. The number of nitrogens with zero attached hydrogens (tertiary/aromatic N) is 1. The zero-order valence-corrected chi connectivity index (χ0v) is 15.8. The minimum absolute atomic E-state index is 0.0224. The van der Waals surface area contributed by atoms with Crippen LogP contribution in [-0.2, 0) is 21.2 Å². The molecule has 0 fully saturated rings.